The van der Waals surface area contributed by atoms with E-state index in [1.165, 1.54) is 0 Å². The Morgan fingerprint density at radius 3 is 2.56 bits per heavy atom. The summed E-state index contributed by atoms with van der Waals surface area (Å²) >= 11 is 0. The summed E-state index contributed by atoms with van der Waals surface area (Å²) in [5.74, 6) is -0.211. The van der Waals surface area contributed by atoms with E-state index in [-0.39, 0.29) is 17.9 Å². The fraction of sp³-hybridized carbons (Fsp3) is 0.333. The molecule has 0 spiro atoms. The highest BCUT2D eigenvalue weighted by atomic mass is 16.2. The van der Waals surface area contributed by atoms with Gasteiger partial charge in [0.1, 0.15) is 0 Å². The number of nitrogens with one attached hydrogen (secondary N) is 2. The van der Waals surface area contributed by atoms with Gasteiger partial charge in [0.2, 0.25) is 5.91 Å². The van der Waals surface area contributed by atoms with Crippen molar-refractivity contribution in [2.45, 2.75) is 18.9 Å². The number of nitrogen functional groups attached to an aromatic ring is 2. The minimum atomic E-state index is -0.241. The lowest BCUT2D eigenvalue weighted by Gasteiger charge is -2.11. The highest BCUT2D eigenvalue weighted by Gasteiger charge is 2.21. The Morgan fingerprint density at radius 2 is 2.00 bits per heavy atom. The minimum absolute atomic E-state index is 0.0138. The van der Waals surface area contributed by atoms with Crippen molar-refractivity contribution in [1.82, 2.24) is 10.6 Å². The molecule has 0 bridgehead atoms. The number of rotatable bonds is 3. The molecule has 1 aromatic rings. The second kappa shape index (κ2) is 4.95. The second-order valence-electron chi connectivity index (χ2n) is 4.40. The van der Waals surface area contributed by atoms with E-state index in [1.807, 2.05) is 0 Å². The van der Waals surface area contributed by atoms with Crippen LogP contribution in [0.15, 0.2) is 18.2 Å². The molecule has 0 aromatic heterocycles. The summed E-state index contributed by atoms with van der Waals surface area (Å²) in [6, 6.07) is 4.74. The molecular weight excluding hydrogens is 232 g/mol. The molecule has 96 valence electrons. The molecule has 0 aliphatic carbocycles. The van der Waals surface area contributed by atoms with Crippen molar-refractivity contribution in [1.29, 1.82) is 0 Å². The van der Waals surface area contributed by atoms with Gasteiger partial charge in [-0.25, -0.2) is 0 Å². The molecule has 1 heterocycles. The summed E-state index contributed by atoms with van der Waals surface area (Å²) in [6.07, 6.45) is 1.27. The van der Waals surface area contributed by atoms with Crippen LogP contribution in [0, 0.1) is 0 Å². The van der Waals surface area contributed by atoms with Gasteiger partial charge in [0.05, 0.1) is 0 Å². The van der Waals surface area contributed by atoms with Gasteiger partial charge in [-0.15, -0.1) is 0 Å². The van der Waals surface area contributed by atoms with Crippen molar-refractivity contribution in [2.75, 3.05) is 18.0 Å². The van der Waals surface area contributed by atoms with Crippen LogP contribution in [0.3, 0.4) is 0 Å². The predicted molar refractivity (Wildman–Crippen MR) is 68.8 cm³/mol. The van der Waals surface area contributed by atoms with Crippen LogP contribution in [0.4, 0.5) is 11.4 Å². The number of amides is 2. The van der Waals surface area contributed by atoms with E-state index in [9.17, 15) is 9.59 Å². The Balaban J connectivity index is 1.93. The number of carbonyl (C=O) groups is 2. The third-order valence-electron chi connectivity index (χ3n) is 2.83. The topological polar surface area (TPSA) is 110 Å². The van der Waals surface area contributed by atoms with E-state index in [0.29, 0.717) is 29.9 Å². The SMILES string of the molecule is Nc1cc(N)cc(C(=O)NCC2CCC(=O)N2)c1. The highest BCUT2D eigenvalue weighted by molar-refractivity contribution is 5.96. The van der Waals surface area contributed by atoms with Crippen LogP contribution >= 0.6 is 0 Å². The Hall–Kier alpha value is -2.24. The molecule has 0 radical (unpaired) electrons. The lowest BCUT2D eigenvalue weighted by atomic mass is 10.1. The Bertz CT molecular complexity index is 467. The lowest BCUT2D eigenvalue weighted by molar-refractivity contribution is -0.119. The van der Waals surface area contributed by atoms with Crippen LogP contribution < -0.4 is 22.1 Å². The molecule has 1 aromatic carbocycles. The van der Waals surface area contributed by atoms with Crippen LogP contribution in [0.25, 0.3) is 0 Å². The number of carbonyl (C=O) groups excluding carboxylic acids is 2. The first kappa shape index (κ1) is 12.2. The van der Waals surface area contributed by atoms with Gasteiger partial charge in [-0.2, -0.15) is 0 Å². The van der Waals surface area contributed by atoms with E-state index in [2.05, 4.69) is 10.6 Å². The van der Waals surface area contributed by atoms with Gasteiger partial charge < -0.3 is 22.1 Å². The molecule has 0 saturated carbocycles. The maximum atomic E-state index is 11.9. The third kappa shape index (κ3) is 2.91. The number of nitrogens with two attached hydrogens (primary N) is 2. The first-order valence-electron chi connectivity index (χ1n) is 5.78. The van der Waals surface area contributed by atoms with Gasteiger partial charge in [-0.05, 0) is 24.6 Å². The van der Waals surface area contributed by atoms with Crippen LogP contribution in [-0.4, -0.2) is 24.4 Å². The normalized spacial score (nSPS) is 18.4. The monoisotopic (exact) mass is 248 g/mol. The molecule has 1 atom stereocenters. The Morgan fingerprint density at radius 1 is 1.33 bits per heavy atom. The lowest BCUT2D eigenvalue weighted by Crippen LogP contribution is -2.38. The van der Waals surface area contributed by atoms with Gasteiger partial charge in [0.25, 0.3) is 5.91 Å². The standard InChI is InChI=1S/C12H16N4O2/c13-8-3-7(4-9(14)5-8)12(18)15-6-10-1-2-11(17)16-10/h3-5,10H,1-2,6,13-14H2,(H,15,18)(H,16,17). The average Bonchev–Trinajstić information content (AvgIpc) is 2.70. The van der Waals surface area contributed by atoms with Crippen LogP contribution in [-0.2, 0) is 4.79 Å². The molecular formula is C12H16N4O2. The number of hydrogen-bond acceptors (Lipinski definition) is 4. The Kier molecular flexibility index (Phi) is 3.36. The predicted octanol–water partition coefficient (Wildman–Crippen LogP) is -0.141. The van der Waals surface area contributed by atoms with Gasteiger partial charge in [0, 0.05) is 35.9 Å². The zero-order valence-corrected chi connectivity index (χ0v) is 9.90. The summed E-state index contributed by atoms with van der Waals surface area (Å²) in [5, 5.41) is 5.53. The maximum Gasteiger partial charge on any atom is 0.251 e. The molecule has 6 N–H and O–H groups in total. The molecule has 6 heteroatoms. The molecule has 1 aliphatic heterocycles. The quantitative estimate of drug-likeness (QED) is 0.558. The third-order valence-corrected chi connectivity index (χ3v) is 2.83. The van der Waals surface area contributed by atoms with E-state index in [1.54, 1.807) is 18.2 Å². The summed E-state index contributed by atoms with van der Waals surface area (Å²) in [6.45, 7) is 0.416. The summed E-state index contributed by atoms with van der Waals surface area (Å²) in [5.41, 5.74) is 12.6. The largest absolute Gasteiger partial charge is 0.399 e. The van der Waals surface area contributed by atoms with Crippen molar-refractivity contribution in [2.24, 2.45) is 0 Å². The van der Waals surface area contributed by atoms with E-state index >= 15 is 0 Å². The van der Waals surface area contributed by atoms with Crippen LogP contribution in [0.2, 0.25) is 0 Å². The van der Waals surface area contributed by atoms with E-state index < -0.39 is 0 Å². The van der Waals surface area contributed by atoms with Crippen molar-refractivity contribution >= 4 is 23.2 Å². The molecule has 1 fully saturated rings. The summed E-state index contributed by atoms with van der Waals surface area (Å²) in [4.78, 5) is 22.9. The molecule has 18 heavy (non-hydrogen) atoms. The maximum absolute atomic E-state index is 11.9. The molecule has 2 amide bonds. The van der Waals surface area contributed by atoms with Crippen LogP contribution in [0.5, 0.6) is 0 Å². The minimum Gasteiger partial charge on any atom is -0.399 e. The zero-order chi connectivity index (χ0) is 13.1. The van der Waals surface area contributed by atoms with Gasteiger partial charge >= 0.3 is 0 Å². The first-order valence-corrected chi connectivity index (χ1v) is 5.78. The summed E-state index contributed by atoms with van der Waals surface area (Å²) in [7, 11) is 0. The van der Waals surface area contributed by atoms with Crippen LogP contribution in [0.1, 0.15) is 23.2 Å². The average molecular weight is 248 g/mol. The first-order chi connectivity index (χ1) is 8.54. The number of benzene rings is 1. The van der Waals surface area contributed by atoms with Gasteiger partial charge in [0.15, 0.2) is 0 Å². The zero-order valence-electron chi connectivity index (χ0n) is 9.90. The van der Waals surface area contributed by atoms with Crippen molar-refractivity contribution in [3.05, 3.63) is 23.8 Å². The number of hydrogen-bond donors (Lipinski definition) is 4. The second-order valence-corrected chi connectivity index (χ2v) is 4.40. The smallest absolute Gasteiger partial charge is 0.251 e. The fourth-order valence-electron chi connectivity index (χ4n) is 1.96. The van der Waals surface area contributed by atoms with Crippen molar-refractivity contribution in [3.8, 4) is 0 Å². The highest BCUT2D eigenvalue weighted by Crippen LogP contribution is 2.13. The summed E-state index contributed by atoms with van der Waals surface area (Å²) < 4.78 is 0. The fourth-order valence-corrected chi connectivity index (χ4v) is 1.96. The molecule has 1 aliphatic rings. The van der Waals surface area contributed by atoms with Crippen molar-refractivity contribution < 1.29 is 9.59 Å². The Labute approximate surface area is 105 Å². The number of anilines is 2. The van der Waals surface area contributed by atoms with Crippen molar-refractivity contribution in [3.63, 3.8) is 0 Å². The molecule has 1 unspecified atom stereocenters. The van der Waals surface area contributed by atoms with Gasteiger partial charge in [-0.1, -0.05) is 0 Å². The molecule has 2 rings (SSSR count). The molecule has 6 nitrogen and oxygen atoms in total. The van der Waals surface area contributed by atoms with E-state index in [4.69, 9.17) is 11.5 Å². The van der Waals surface area contributed by atoms with E-state index in [0.717, 1.165) is 6.42 Å². The molecule has 1 saturated heterocycles. The van der Waals surface area contributed by atoms with Gasteiger partial charge in [-0.3, -0.25) is 9.59 Å².